The summed E-state index contributed by atoms with van der Waals surface area (Å²) in [6, 6.07) is -1.37. The third-order valence-corrected chi connectivity index (χ3v) is 4.56. The van der Waals surface area contributed by atoms with Crippen molar-refractivity contribution in [3.63, 3.8) is 0 Å². The molecular weight excluding hydrogens is 386 g/mol. The van der Waals surface area contributed by atoms with Gasteiger partial charge in [-0.3, -0.25) is 4.79 Å². The Morgan fingerprint density at radius 3 is 2.14 bits per heavy atom. The topological polar surface area (TPSA) is 204 Å². The average Bonchev–Trinajstić information content (AvgIpc) is 2.64. The lowest BCUT2D eigenvalue weighted by Crippen LogP contribution is -2.68. The number of carboxylic acids is 1. The van der Waals surface area contributed by atoms with Crippen LogP contribution >= 0.6 is 0 Å². The molecule has 162 valence electrons. The van der Waals surface area contributed by atoms with Crippen LogP contribution in [0.25, 0.3) is 0 Å². The van der Waals surface area contributed by atoms with E-state index in [4.69, 9.17) is 18.9 Å². The second-order valence-corrected chi connectivity index (χ2v) is 6.51. The second kappa shape index (κ2) is 9.39. The molecule has 10 atom stereocenters. The van der Waals surface area contributed by atoms with Crippen molar-refractivity contribution in [3.05, 3.63) is 0 Å². The third-order valence-electron chi connectivity index (χ3n) is 4.56. The van der Waals surface area contributed by atoms with Crippen molar-refractivity contribution in [1.29, 1.82) is 0 Å². The van der Waals surface area contributed by atoms with Crippen LogP contribution in [-0.4, -0.2) is 118 Å². The van der Waals surface area contributed by atoms with Gasteiger partial charge in [0, 0.05) is 14.0 Å². The number of hydrogen-bond donors (Lipinski definition) is 7. The van der Waals surface area contributed by atoms with Crippen molar-refractivity contribution in [3.8, 4) is 0 Å². The van der Waals surface area contributed by atoms with Gasteiger partial charge in [-0.05, 0) is 0 Å². The van der Waals surface area contributed by atoms with Crippen molar-refractivity contribution in [1.82, 2.24) is 5.32 Å². The molecule has 0 bridgehead atoms. The SMILES string of the molecule is CO[C@@H]1O[C@H](C(=O)O)[C@@H](O[C@H]2O[C@H](CO)[C@@H](O)[C@H](O)[C@H]2NC(C)=O)[C@H](O)[C@H]1O. The number of methoxy groups -OCH3 is 1. The molecule has 13 nitrogen and oxygen atoms in total. The molecule has 2 rings (SSSR count). The molecule has 13 heteroatoms. The fraction of sp³-hybridized carbons (Fsp3) is 0.867. The number of carbonyl (C=O) groups excluding carboxylic acids is 1. The Balaban J connectivity index is 2.28. The Morgan fingerprint density at radius 1 is 1.00 bits per heavy atom. The molecule has 2 saturated heterocycles. The highest BCUT2D eigenvalue weighted by atomic mass is 16.7. The number of rotatable bonds is 6. The highest BCUT2D eigenvalue weighted by molar-refractivity contribution is 5.74. The molecule has 0 aromatic carbocycles. The quantitative estimate of drug-likeness (QED) is 0.221. The van der Waals surface area contributed by atoms with Gasteiger partial charge in [0.2, 0.25) is 5.91 Å². The summed E-state index contributed by atoms with van der Waals surface area (Å²) in [7, 11) is 1.14. The lowest BCUT2D eigenvalue weighted by atomic mass is 9.95. The number of aliphatic carboxylic acids is 1. The summed E-state index contributed by atoms with van der Waals surface area (Å²) < 4.78 is 20.7. The van der Waals surface area contributed by atoms with E-state index in [1.54, 1.807) is 0 Å². The van der Waals surface area contributed by atoms with E-state index in [1.165, 1.54) is 0 Å². The third kappa shape index (κ3) is 4.59. The van der Waals surface area contributed by atoms with Gasteiger partial charge in [-0.25, -0.2) is 4.79 Å². The first-order chi connectivity index (χ1) is 13.1. The van der Waals surface area contributed by atoms with E-state index in [-0.39, 0.29) is 0 Å². The van der Waals surface area contributed by atoms with Gasteiger partial charge in [0.1, 0.15) is 42.7 Å². The first-order valence-electron chi connectivity index (χ1n) is 8.44. The Morgan fingerprint density at radius 2 is 1.64 bits per heavy atom. The molecule has 0 radical (unpaired) electrons. The van der Waals surface area contributed by atoms with E-state index in [2.05, 4.69) is 5.32 Å². The fourth-order valence-corrected chi connectivity index (χ4v) is 3.12. The Bertz CT molecular complexity index is 561. The van der Waals surface area contributed by atoms with Crippen LogP contribution in [0.4, 0.5) is 0 Å². The second-order valence-electron chi connectivity index (χ2n) is 6.51. The van der Waals surface area contributed by atoms with Crippen molar-refractivity contribution in [2.45, 2.75) is 68.3 Å². The standard InChI is InChI=1S/C15H25NO12/c1-4(18)16-6-8(20)7(19)5(3-17)26-14(6)27-11-9(21)10(22)15(25-2)28-12(11)13(23)24/h5-12,14-15,17,19-22H,3H2,1-2H3,(H,16,18)(H,23,24)/t5-,6-,7-,8-,9-,10-,11+,12+,14-,15-/m1/s1. The number of aliphatic hydroxyl groups excluding tert-OH is 5. The van der Waals surface area contributed by atoms with Gasteiger partial charge in [-0.1, -0.05) is 0 Å². The number of carboxylic acid groups (broad SMARTS) is 1. The molecule has 0 aromatic heterocycles. The van der Waals surface area contributed by atoms with E-state index in [1.807, 2.05) is 0 Å². The smallest absolute Gasteiger partial charge is 0.335 e. The average molecular weight is 411 g/mol. The van der Waals surface area contributed by atoms with Gasteiger partial charge in [-0.15, -0.1) is 0 Å². The summed E-state index contributed by atoms with van der Waals surface area (Å²) in [6.45, 7) is 0.408. The number of aliphatic hydroxyl groups is 5. The van der Waals surface area contributed by atoms with E-state index in [9.17, 15) is 40.2 Å². The Labute approximate surface area is 159 Å². The number of nitrogens with one attached hydrogen (secondary N) is 1. The predicted molar refractivity (Wildman–Crippen MR) is 85.6 cm³/mol. The minimum absolute atomic E-state index is 0.620. The molecule has 28 heavy (non-hydrogen) atoms. The van der Waals surface area contributed by atoms with Crippen molar-refractivity contribution in [2.24, 2.45) is 0 Å². The molecule has 0 spiro atoms. The number of amides is 1. The molecule has 2 aliphatic rings. The maximum absolute atomic E-state index is 11.5. The molecule has 0 aliphatic carbocycles. The highest BCUT2D eigenvalue weighted by Gasteiger charge is 2.53. The summed E-state index contributed by atoms with van der Waals surface area (Å²) in [6.07, 6.45) is -14.5. The van der Waals surface area contributed by atoms with E-state index < -0.39 is 79.8 Å². The van der Waals surface area contributed by atoms with Crippen LogP contribution in [0, 0.1) is 0 Å². The van der Waals surface area contributed by atoms with Gasteiger partial charge in [0.25, 0.3) is 0 Å². The van der Waals surface area contributed by atoms with Crippen LogP contribution in [0.5, 0.6) is 0 Å². The molecule has 2 heterocycles. The Hall–Kier alpha value is -1.42. The summed E-state index contributed by atoms with van der Waals surface area (Å²) in [5.74, 6) is -2.16. The van der Waals surface area contributed by atoms with E-state index >= 15 is 0 Å². The summed E-state index contributed by atoms with van der Waals surface area (Å²) >= 11 is 0. The number of ether oxygens (including phenoxy) is 4. The molecule has 2 fully saturated rings. The largest absolute Gasteiger partial charge is 0.479 e. The van der Waals surface area contributed by atoms with Crippen molar-refractivity contribution < 1.29 is 59.2 Å². The highest BCUT2D eigenvalue weighted by Crippen LogP contribution is 2.29. The van der Waals surface area contributed by atoms with E-state index in [0.717, 1.165) is 14.0 Å². The summed E-state index contributed by atoms with van der Waals surface area (Å²) in [5, 5.41) is 61.5. The molecule has 0 saturated carbocycles. The van der Waals surface area contributed by atoms with Gasteiger partial charge in [-0.2, -0.15) is 0 Å². The zero-order valence-corrected chi connectivity index (χ0v) is 15.1. The van der Waals surface area contributed by atoms with Gasteiger partial charge >= 0.3 is 5.97 Å². The minimum atomic E-state index is -1.79. The molecule has 0 aromatic rings. The number of hydrogen-bond acceptors (Lipinski definition) is 11. The molecule has 7 N–H and O–H groups in total. The zero-order valence-electron chi connectivity index (χ0n) is 15.1. The van der Waals surface area contributed by atoms with Gasteiger partial charge in [0.05, 0.1) is 6.61 Å². The van der Waals surface area contributed by atoms with Crippen LogP contribution < -0.4 is 5.32 Å². The van der Waals surface area contributed by atoms with Crippen LogP contribution in [0.2, 0.25) is 0 Å². The monoisotopic (exact) mass is 411 g/mol. The minimum Gasteiger partial charge on any atom is -0.479 e. The fourth-order valence-electron chi connectivity index (χ4n) is 3.12. The van der Waals surface area contributed by atoms with Gasteiger partial charge < -0.3 is 54.9 Å². The van der Waals surface area contributed by atoms with Gasteiger partial charge in [0.15, 0.2) is 18.7 Å². The Kier molecular flexibility index (Phi) is 7.66. The molecule has 2 aliphatic heterocycles. The molecular formula is C15H25NO12. The molecule has 0 unspecified atom stereocenters. The normalized spacial score (nSPS) is 44.1. The molecule has 1 amide bonds. The maximum atomic E-state index is 11.5. The summed E-state index contributed by atoms with van der Waals surface area (Å²) in [4.78, 5) is 23.0. The van der Waals surface area contributed by atoms with Crippen LogP contribution in [0.3, 0.4) is 0 Å². The zero-order chi connectivity index (χ0) is 21.2. The lowest BCUT2D eigenvalue weighted by Gasteiger charge is -2.46. The van der Waals surface area contributed by atoms with Crippen molar-refractivity contribution >= 4 is 11.9 Å². The number of carbonyl (C=O) groups is 2. The van der Waals surface area contributed by atoms with Crippen LogP contribution in [0.1, 0.15) is 6.92 Å². The van der Waals surface area contributed by atoms with Crippen LogP contribution in [0.15, 0.2) is 0 Å². The maximum Gasteiger partial charge on any atom is 0.335 e. The summed E-state index contributed by atoms with van der Waals surface area (Å²) in [5.41, 5.74) is 0. The lowest BCUT2D eigenvalue weighted by molar-refractivity contribution is -0.338. The predicted octanol–water partition coefficient (Wildman–Crippen LogP) is -4.51. The first-order valence-corrected chi connectivity index (χ1v) is 8.44. The van der Waals surface area contributed by atoms with Crippen LogP contribution in [-0.2, 0) is 28.5 Å². The van der Waals surface area contributed by atoms with Crippen molar-refractivity contribution in [2.75, 3.05) is 13.7 Å². The van der Waals surface area contributed by atoms with E-state index in [0.29, 0.717) is 0 Å². The first kappa shape index (κ1) is 22.9.